The predicted octanol–water partition coefficient (Wildman–Crippen LogP) is 4.22. The first-order valence-corrected chi connectivity index (χ1v) is 11.1. The molecule has 0 aliphatic heterocycles. The van der Waals surface area contributed by atoms with Crippen LogP contribution in [0.3, 0.4) is 0 Å². The number of carboxylic acids is 1. The Morgan fingerprint density at radius 3 is 2.03 bits per heavy atom. The third kappa shape index (κ3) is 4.50. The van der Waals surface area contributed by atoms with Crippen molar-refractivity contribution in [3.63, 3.8) is 0 Å². The summed E-state index contributed by atoms with van der Waals surface area (Å²) in [6.07, 6.45) is 0.276. The highest BCUT2D eigenvalue weighted by Gasteiger charge is 2.36. The molecule has 0 spiro atoms. The maximum atomic E-state index is 12.8. The molecule has 1 aliphatic rings. The molecule has 0 fully saturated rings. The minimum Gasteiger partial charge on any atom is -0.481 e. The zero-order chi connectivity index (χ0) is 22.0. The topological polar surface area (TPSA) is 89.6 Å². The number of rotatable bonds is 7. The summed E-state index contributed by atoms with van der Waals surface area (Å²) in [4.78, 5) is 24.6. The van der Waals surface area contributed by atoms with Crippen molar-refractivity contribution in [2.24, 2.45) is 11.7 Å². The molecule has 0 radical (unpaired) electrons. The molecule has 1 aliphatic carbocycles. The van der Waals surface area contributed by atoms with E-state index < -0.39 is 23.9 Å². The van der Waals surface area contributed by atoms with Crippen LogP contribution in [0.1, 0.15) is 22.6 Å². The molecule has 6 heteroatoms. The monoisotopic (exact) mass is 527 g/mol. The van der Waals surface area contributed by atoms with E-state index in [1.165, 1.54) is 0 Å². The first kappa shape index (κ1) is 21.5. The molecule has 158 valence electrons. The molecule has 0 saturated heterocycles. The van der Waals surface area contributed by atoms with Crippen LogP contribution in [0.25, 0.3) is 11.1 Å². The van der Waals surface area contributed by atoms with Gasteiger partial charge in [-0.3, -0.25) is 9.59 Å². The number of ether oxygens (including phenoxy) is 1. The summed E-state index contributed by atoms with van der Waals surface area (Å²) >= 11 is 2.20. The van der Waals surface area contributed by atoms with Gasteiger partial charge in [0.2, 0.25) is 0 Å². The van der Waals surface area contributed by atoms with Gasteiger partial charge in [-0.05, 0) is 69.0 Å². The number of esters is 1. The van der Waals surface area contributed by atoms with Crippen LogP contribution in [-0.2, 0) is 20.7 Å². The van der Waals surface area contributed by atoms with Gasteiger partial charge in [0, 0.05) is 15.5 Å². The fourth-order valence-electron chi connectivity index (χ4n) is 4.16. The lowest BCUT2D eigenvalue weighted by atomic mass is 9.94. The Morgan fingerprint density at radius 1 is 0.935 bits per heavy atom. The predicted molar refractivity (Wildman–Crippen MR) is 127 cm³/mol. The number of carboxylic acid groups (broad SMARTS) is 1. The summed E-state index contributed by atoms with van der Waals surface area (Å²) in [6.45, 7) is 0.0763. The molecule has 31 heavy (non-hydrogen) atoms. The minimum atomic E-state index is -1.42. The summed E-state index contributed by atoms with van der Waals surface area (Å²) in [6, 6.07) is 22.7. The number of aliphatic carboxylic acids is 1. The second kappa shape index (κ2) is 9.20. The van der Waals surface area contributed by atoms with Crippen LogP contribution in [0, 0.1) is 9.49 Å². The van der Waals surface area contributed by atoms with Crippen LogP contribution in [0.5, 0.6) is 0 Å². The first-order chi connectivity index (χ1) is 15.0. The Hall–Kier alpha value is -2.71. The van der Waals surface area contributed by atoms with Crippen LogP contribution in [0.2, 0.25) is 0 Å². The van der Waals surface area contributed by atoms with Gasteiger partial charge in [-0.1, -0.05) is 60.7 Å². The first-order valence-electron chi connectivity index (χ1n) is 10.0. The van der Waals surface area contributed by atoms with E-state index in [-0.39, 0.29) is 18.9 Å². The van der Waals surface area contributed by atoms with Crippen LogP contribution in [0.4, 0.5) is 0 Å². The van der Waals surface area contributed by atoms with Gasteiger partial charge in [0.25, 0.3) is 0 Å². The molecule has 4 rings (SSSR count). The second-order valence-corrected chi connectivity index (χ2v) is 8.91. The number of fused-ring (bicyclic) bond motifs is 3. The van der Waals surface area contributed by atoms with Crippen LogP contribution in [0.15, 0.2) is 72.8 Å². The van der Waals surface area contributed by atoms with Gasteiger partial charge in [0.15, 0.2) is 5.92 Å². The lowest BCUT2D eigenvalue weighted by Crippen LogP contribution is -2.43. The highest BCUT2D eigenvalue weighted by molar-refractivity contribution is 14.1. The zero-order valence-electron chi connectivity index (χ0n) is 16.7. The molecular weight excluding hydrogens is 505 g/mol. The molecule has 0 amide bonds. The lowest BCUT2D eigenvalue weighted by Gasteiger charge is -2.21. The summed E-state index contributed by atoms with van der Waals surface area (Å²) in [5.74, 6) is -3.62. The second-order valence-electron chi connectivity index (χ2n) is 7.67. The number of nitrogens with two attached hydrogens (primary N) is 1. The van der Waals surface area contributed by atoms with Crippen molar-refractivity contribution in [1.82, 2.24) is 0 Å². The van der Waals surface area contributed by atoms with E-state index in [0.29, 0.717) is 0 Å². The normalized spacial score (nSPS) is 14.4. The fourth-order valence-corrected chi connectivity index (χ4v) is 4.52. The van der Waals surface area contributed by atoms with Gasteiger partial charge in [0.1, 0.15) is 6.61 Å². The minimum absolute atomic E-state index is 0.0763. The van der Waals surface area contributed by atoms with E-state index in [4.69, 9.17) is 10.5 Å². The van der Waals surface area contributed by atoms with Crippen molar-refractivity contribution < 1.29 is 19.4 Å². The van der Waals surface area contributed by atoms with E-state index in [2.05, 4.69) is 22.6 Å². The number of carbonyl (C=O) groups is 2. The van der Waals surface area contributed by atoms with Gasteiger partial charge in [-0.15, -0.1) is 0 Å². The quantitative estimate of drug-likeness (QED) is 0.273. The van der Waals surface area contributed by atoms with Crippen molar-refractivity contribution in [1.29, 1.82) is 0 Å². The number of hydrogen-bond donors (Lipinski definition) is 2. The van der Waals surface area contributed by atoms with E-state index in [1.807, 2.05) is 72.8 Å². The van der Waals surface area contributed by atoms with Crippen molar-refractivity contribution in [2.75, 3.05) is 6.61 Å². The standard InChI is InChI=1S/C25H22INO4/c26-16-11-9-15(10-12-16)13-22(27)23(24(28)29)25(30)31-14-21-19-7-3-1-5-17(19)18-6-2-4-8-20(18)21/h1-12,21-23H,13-14,27H2,(H,28,29)/t22-,23+/m0/s1. The van der Waals surface area contributed by atoms with Crippen LogP contribution < -0.4 is 5.73 Å². The number of hydrogen-bond acceptors (Lipinski definition) is 4. The maximum Gasteiger partial charge on any atom is 0.321 e. The summed E-state index contributed by atoms with van der Waals surface area (Å²) < 4.78 is 6.61. The number of carbonyl (C=O) groups excluding carboxylic acids is 1. The zero-order valence-corrected chi connectivity index (χ0v) is 18.9. The number of benzene rings is 3. The van der Waals surface area contributed by atoms with E-state index >= 15 is 0 Å². The van der Waals surface area contributed by atoms with Crippen LogP contribution in [-0.4, -0.2) is 29.7 Å². The molecule has 0 unspecified atom stereocenters. The molecule has 3 aromatic rings. The lowest BCUT2D eigenvalue weighted by molar-refractivity contribution is -0.159. The van der Waals surface area contributed by atoms with E-state index in [9.17, 15) is 14.7 Å². The summed E-state index contributed by atoms with van der Waals surface area (Å²) in [5, 5.41) is 9.66. The highest BCUT2D eigenvalue weighted by Crippen LogP contribution is 2.44. The molecule has 3 N–H and O–H groups in total. The van der Waals surface area contributed by atoms with Crippen molar-refractivity contribution in [2.45, 2.75) is 18.4 Å². The van der Waals surface area contributed by atoms with Crippen molar-refractivity contribution in [3.8, 4) is 11.1 Å². The van der Waals surface area contributed by atoms with E-state index in [1.54, 1.807) is 0 Å². The third-order valence-electron chi connectivity index (χ3n) is 5.69. The SMILES string of the molecule is N[C@@H](Cc1ccc(I)cc1)[C@H](C(=O)O)C(=O)OCC1c2ccccc2-c2ccccc21. The molecule has 0 aromatic heterocycles. The summed E-state index contributed by atoms with van der Waals surface area (Å²) in [5.41, 5.74) is 11.4. The Labute approximate surface area is 194 Å². The third-order valence-corrected chi connectivity index (χ3v) is 6.41. The smallest absolute Gasteiger partial charge is 0.321 e. The molecule has 0 saturated carbocycles. The molecule has 0 heterocycles. The Morgan fingerprint density at radius 2 is 1.48 bits per heavy atom. The van der Waals surface area contributed by atoms with Gasteiger partial charge in [-0.25, -0.2) is 0 Å². The fraction of sp³-hybridized carbons (Fsp3) is 0.200. The van der Waals surface area contributed by atoms with Gasteiger partial charge < -0.3 is 15.6 Å². The molecule has 2 atom stereocenters. The molecule has 5 nitrogen and oxygen atoms in total. The Balaban J connectivity index is 1.49. The Kier molecular flexibility index (Phi) is 6.38. The highest BCUT2D eigenvalue weighted by atomic mass is 127. The van der Waals surface area contributed by atoms with Gasteiger partial charge in [0.05, 0.1) is 0 Å². The maximum absolute atomic E-state index is 12.8. The van der Waals surface area contributed by atoms with Gasteiger partial charge in [-0.2, -0.15) is 0 Å². The average Bonchev–Trinajstić information content (AvgIpc) is 3.07. The van der Waals surface area contributed by atoms with E-state index in [0.717, 1.165) is 31.4 Å². The van der Waals surface area contributed by atoms with Crippen LogP contribution >= 0.6 is 22.6 Å². The Bertz CT molecular complexity index is 1070. The molecule has 0 bridgehead atoms. The van der Waals surface area contributed by atoms with Crippen molar-refractivity contribution >= 4 is 34.5 Å². The largest absolute Gasteiger partial charge is 0.481 e. The van der Waals surface area contributed by atoms with Crippen molar-refractivity contribution in [3.05, 3.63) is 93.1 Å². The molecule has 3 aromatic carbocycles. The van der Waals surface area contributed by atoms with Gasteiger partial charge >= 0.3 is 11.9 Å². The number of halogens is 1. The molecular formula is C25H22INO4. The summed E-state index contributed by atoms with van der Waals surface area (Å²) in [7, 11) is 0. The average molecular weight is 527 g/mol.